The molecule has 6 rings (SSSR count). The Labute approximate surface area is 380 Å². The number of rotatable bonds is 10. The smallest absolute Gasteiger partial charge is 0.262 e. The van der Waals surface area contributed by atoms with Crippen LogP contribution in [0.1, 0.15) is 196 Å². The van der Waals surface area contributed by atoms with Crippen molar-refractivity contribution in [3.05, 3.63) is 0 Å². The Morgan fingerprint density at radius 1 is 0.410 bits per heavy atom. The van der Waals surface area contributed by atoms with E-state index in [1.165, 1.54) is 71.0 Å². The number of hydrogen-bond acceptors (Lipinski definition) is 6. The number of halogens is 2. The maximum Gasteiger partial charge on any atom is 0.262 e. The highest BCUT2D eigenvalue weighted by Gasteiger charge is 2.52. The average Bonchev–Trinajstić information content (AvgIpc) is 3.47. The van der Waals surface area contributed by atoms with Gasteiger partial charge in [0.2, 0.25) is 0 Å². The van der Waals surface area contributed by atoms with E-state index in [9.17, 15) is 8.78 Å². The number of nitrogens with zero attached hydrogens (tertiary/aromatic N) is 5. The van der Waals surface area contributed by atoms with Crippen LogP contribution in [0.5, 0.6) is 0 Å². The zero-order chi connectivity index (χ0) is 46.6. The molecule has 0 aromatic heterocycles. The molecule has 6 nitrogen and oxygen atoms in total. The van der Waals surface area contributed by atoms with Gasteiger partial charge < -0.3 is 4.74 Å². The largest absolute Gasteiger partial charge is 0.378 e. The van der Waals surface area contributed by atoms with E-state index in [0.717, 1.165) is 79.2 Å². The summed E-state index contributed by atoms with van der Waals surface area (Å²) in [6.07, 6.45) is 11.6. The highest BCUT2D eigenvalue weighted by Crippen LogP contribution is 2.56. The molecular formula is C53H107F2N5O. The van der Waals surface area contributed by atoms with E-state index in [0.29, 0.717) is 23.9 Å². The topological polar surface area (TPSA) is 25.4 Å². The molecule has 1 aliphatic carbocycles. The second-order valence-electron chi connectivity index (χ2n) is 23.6. The fraction of sp³-hybridized carbons (Fsp3) is 1.00. The first-order valence-corrected chi connectivity index (χ1v) is 26.0. The predicted octanol–water partition coefficient (Wildman–Crippen LogP) is 12.8. The number of ether oxygens (including phenoxy) is 1. The van der Waals surface area contributed by atoms with Gasteiger partial charge in [-0.25, -0.2) is 8.78 Å². The lowest BCUT2D eigenvalue weighted by molar-refractivity contribution is -0.0386. The van der Waals surface area contributed by atoms with Crippen LogP contribution in [0.15, 0.2) is 0 Å². The lowest BCUT2D eigenvalue weighted by Crippen LogP contribution is -2.51. The van der Waals surface area contributed by atoms with Gasteiger partial charge in [0.1, 0.15) is 0 Å². The van der Waals surface area contributed by atoms with Crippen LogP contribution < -0.4 is 0 Å². The summed E-state index contributed by atoms with van der Waals surface area (Å²) in [7, 11) is 0. The molecule has 1 saturated carbocycles. The first-order valence-electron chi connectivity index (χ1n) is 26.0. The number of likely N-dealkylation sites (tertiary alicyclic amines) is 4. The molecule has 6 aliphatic rings. The van der Waals surface area contributed by atoms with Gasteiger partial charge in [-0.15, -0.1) is 0 Å². The fourth-order valence-corrected chi connectivity index (χ4v) is 11.3. The summed E-state index contributed by atoms with van der Waals surface area (Å²) in [5, 5.41) is 0. The van der Waals surface area contributed by atoms with Crippen molar-refractivity contribution in [3.63, 3.8) is 0 Å². The van der Waals surface area contributed by atoms with Gasteiger partial charge >= 0.3 is 0 Å². The summed E-state index contributed by atoms with van der Waals surface area (Å²) < 4.78 is 31.7. The van der Waals surface area contributed by atoms with Crippen LogP contribution >= 0.6 is 0 Å². The van der Waals surface area contributed by atoms with Crippen molar-refractivity contribution in [2.24, 2.45) is 35.0 Å². The second kappa shape index (κ2) is 26.1. The van der Waals surface area contributed by atoms with Crippen molar-refractivity contribution in [3.8, 4) is 0 Å². The Morgan fingerprint density at radius 3 is 1.13 bits per heavy atom. The van der Waals surface area contributed by atoms with E-state index in [-0.39, 0.29) is 25.0 Å². The van der Waals surface area contributed by atoms with Crippen LogP contribution in [0.25, 0.3) is 0 Å². The van der Waals surface area contributed by atoms with Gasteiger partial charge in [0.05, 0.1) is 19.8 Å². The standard InChI is InChI=1S/C12H23N.C11H23N.C10H19F2N.C10H21NO.C10H21N/c1-9(2)11-7-12(5-6-12)8-13(11)10(3)4;1-9(2)11-7-5-6-8-12(11)10(3)4;1-7(2)9-5-10(11,12)6-13(9)8(3)4;1-8(2)10-7-12-6-5-11(10)9(3)4;1-8(2)10-6-5-7-11(10)9(3)4/h9-11H,5-8H2,1-4H3;9-11H,5-8H2,1-4H3;7-9H,5-6H2,1-4H3;8-10H,5-7H2,1-4H3;8-10H,5-7H2,1-4H3/t2*11-;9-;2*10-/m00000/s1. The molecule has 0 radical (unpaired) electrons. The SMILES string of the molecule is CC(C)[C@@H]1CC(F)(F)CN1C(C)C.CC(C)[C@@H]1CC2(CC2)CN1C(C)C.CC(C)[C@@H]1CCCCN1C(C)C.CC(C)[C@@H]1CCCN1C(C)C.CC(C)[C@@H]1COCCN1C(C)C. The first kappa shape index (κ1) is 56.7. The van der Waals surface area contributed by atoms with E-state index in [1.54, 1.807) is 0 Å². The van der Waals surface area contributed by atoms with Crippen molar-refractivity contribution in [2.45, 2.75) is 263 Å². The van der Waals surface area contributed by atoms with E-state index in [4.69, 9.17) is 4.74 Å². The lowest BCUT2D eigenvalue weighted by atomic mass is 9.92. The second-order valence-corrected chi connectivity index (χ2v) is 23.6. The van der Waals surface area contributed by atoms with Gasteiger partial charge in [-0.2, -0.15) is 0 Å². The van der Waals surface area contributed by atoms with Crippen molar-refractivity contribution < 1.29 is 13.5 Å². The van der Waals surface area contributed by atoms with Crippen LogP contribution in [-0.2, 0) is 4.74 Å². The zero-order valence-corrected chi connectivity index (χ0v) is 44.4. The van der Waals surface area contributed by atoms with E-state index < -0.39 is 5.92 Å². The Hall–Kier alpha value is -0.380. The molecule has 5 atom stereocenters. The van der Waals surface area contributed by atoms with Gasteiger partial charge in [0.25, 0.3) is 5.92 Å². The van der Waals surface area contributed by atoms with Crippen LogP contribution in [-0.4, -0.2) is 137 Å². The van der Waals surface area contributed by atoms with Crippen molar-refractivity contribution in [1.82, 2.24) is 24.5 Å². The summed E-state index contributed by atoms with van der Waals surface area (Å²) in [5.41, 5.74) is 0.777. The molecule has 6 fully saturated rings. The van der Waals surface area contributed by atoms with Crippen molar-refractivity contribution >= 4 is 0 Å². The molecule has 0 amide bonds. The van der Waals surface area contributed by atoms with E-state index in [2.05, 4.69) is 130 Å². The van der Waals surface area contributed by atoms with Gasteiger partial charge in [-0.05, 0) is 162 Å². The number of morpholine rings is 1. The Balaban J connectivity index is 0.000000263. The Kier molecular flexibility index (Phi) is 24.3. The lowest BCUT2D eigenvalue weighted by Gasteiger charge is -2.40. The highest BCUT2D eigenvalue weighted by molar-refractivity contribution is 5.05. The average molecular weight is 868 g/mol. The molecule has 364 valence electrons. The predicted molar refractivity (Wildman–Crippen MR) is 262 cm³/mol. The Morgan fingerprint density at radius 2 is 0.787 bits per heavy atom. The molecule has 0 N–H and O–H groups in total. The minimum absolute atomic E-state index is 0.0306. The summed E-state index contributed by atoms with van der Waals surface area (Å²) in [6.45, 7) is 52.0. The summed E-state index contributed by atoms with van der Waals surface area (Å²) in [6, 6.07) is 6.34. The molecule has 0 unspecified atom stereocenters. The number of piperidine rings is 1. The number of hydrogen-bond donors (Lipinski definition) is 0. The van der Waals surface area contributed by atoms with Crippen LogP contribution in [0.3, 0.4) is 0 Å². The van der Waals surface area contributed by atoms with Crippen LogP contribution in [0.2, 0.25) is 0 Å². The Bertz CT molecular complexity index is 1020. The molecule has 1 spiro atoms. The minimum atomic E-state index is -2.47. The summed E-state index contributed by atoms with van der Waals surface area (Å²) in [4.78, 5) is 12.5. The fourth-order valence-electron chi connectivity index (χ4n) is 11.3. The van der Waals surface area contributed by atoms with Gasteiger partial charge in [0, 0.05) is 79.9 Å². The maximum atomic E-state index is 13.1. The molecule has 8 heteroatoms. The summed E-state index contributed by atoms with van der Waals surface area (Å²) in [5.74, 6) is 1.04. The third-order valence-electron chi connectivity index (χ3n) is 15.2. The van der Waals surface area contributed by atoms with Gasteiger partial charge in [0.15, 0.2) is 0 Å². The van der Waals surface area contributed by atoms with E-state index in [1.807, 2.05) is 32.6 Å². The monoisotopic (exact) mass is 868 g/mol. The molecule has 0 aromatic carbocycles. The molecule has 61 heavy (non-hydrogen) atoms. The molecular weight excluding hydrogens is 761 g/mol. The third kappa shape index (κ3) is 18.1. The molecule has 0 bridgehead atoms. The summed E-state index contributed by atoms with van der Waals surface area (Å²) >= 11 is 0. The highest BCUT2D eigenvalue weighted by atomic mass is 19.3. The van der Waals surface area contributed by atoms with E-state index >= 15 is 0 Å². The minimum Gasteiger partial charge on any atom is -0.378 e. The maximum absolute atomic E-state index is 13.1. The quantitative estimate of drug-likeness (QED) is 0.217. The van der Waals surface area contributed by atoms with Gasteiger partial charge in [-0.3, -0.25) is 24.5 Å². The zero-order valence-electron chi connectivity index (χ0n) is 44.4. The molecule has 0 aromatic rings. The molecule has 5 saturated heterocycles. The van der Waals surface area contributed by atoms with Crippen LogP contribution in [0.4, 0.5) is 8.78 Å². The number of alkyl halides is 2. The normalized spacial score (nSPS) is 28.6. The van der Waals surface area contributed by atoms with Gasteiger partial charge in [-0.1, -0.05) is 75.7 Å². The van der Waals surface area contributed by atoms with Crippen molar-refractivity contribution in [2.75, 3.05) is 45.9 Å². The van der Waals surface area contributed by atoms with Crippen LogP contribution in [0, 0.1) is 35.0 Å². The first-order chi connectivity index (χ1) is 28.3. The van der Waals surface area contributed by atoms with Crippen molar-refractivity contribution in [1.29, 1.82) is 0 Å². The molecule has 5 heterocycles. The third-order valence-corrected chi connectivity index (χ3v) is 15.2. The molecule has 5 aliphatic heterocycles.